The summed E-state index contributed by atoms with van der Waals surface area (Å²) in [6.07, 6.45) is -4.68. The third-order valence-electron chi connectivity index (χ3n) is 2.44. The molecule has 20 heavy (non-hydrogen) atoms. The van der Waals surface area contributed by atoms with E-state index in [0.29, 0.717) is 11.4 Å². The summed E-state index contributed by atoms with van der Waals surface area (Å²) in [6.45, 7) is 0.246. The van der Waals surface area contributed by atoms with E-state index in [2.05, 4.69) is 4.74 Å². The van der Waals surface area contributed by atoms with Gasteiger partial charge in [-0.2, -0.15) is 0 Å². The zero-order valence-electron chi connectivity index (χ0n) is 10.4. The van der Waals surface area contributed by atoms with Gasteiger partial charge in [0.15, 0.2) is 0 Å². The SMILES string of the molecule is Nc1ccc(OCc2ccc(OC(F)(F)F)cc2)cc1. The van der Waals surface area contributed by atoms with Gasteiger partial charge in [-0.05, 0) is 42.0 Å². The van der Waals surface area contributed by atoms with E-state index >= 15 is 0 Å². The van der Waals surface area contributed by atoms with Crippen LogP contribution in [0, 0.1) is 0 Å². The van der Waals surface area contributed by atoms with Crippen LogP contribution in [0.1, 0.15) is 5.56 Å². The Morgan fingerprint density at radius 3 is 1.95 bits per heavy atom. The molecule has 0 saturated carbocycles. The van der Waals surface area contributed by atoms with Crippen LogP contribution in [0.25, 0.3) is 0 Å². The average molecular weight is 283 g/mol. The summed E-state index contributed by atoms with van der Waals surface area (Å²) in [7, 11) is 0. The Bertz CT molecular complexity index is 550. The number of alkyl halides is 3. The monoisotopic (exact) mass is 283 g/mol. The number of hydrogen-bond donors (Lipinski definition) is 1. The van der Waals surface area contributed by atoms with Gasteiger partial charge in [0.25, 0.3) is 0 Å². The van der Waals surface area contributed by atoms with Crippen molar-refractivity contribution in [1.82, 2.24) is 0 Å². The summed E-state index contributed by atoms with van der Waals surface area (Å²) in [5.74, 6) is 0.378. The fourth-order valence-electron chi connectivity index (χ4n) is 1.52. The number of nitrogen functional groups attached to an aromatic ring is 1. The van der Waals surface area contributed by atoms with Gasteiger partial charge in [-0.15, -0.1) is 13.2 Å². The molecular formula is C14H12F3NO2. The van der Waals surface area contributed by atoms with Crippen LogP contribution in [-0.4, -0.2) is 6.36 Å². The molecule has 2 aromatic carbocycles. The Kier molecular flexibility index (Phi) is 4.02. The summed E-state index contributed by atoms with van der Waals surface area (Å²) in [5, 5.41) is 0. The van der Waals surface area contributed by atoms with Gasteiger partial charge in [0.1, 0.15) is 18.1 Å². The maximum atomic E-state index is 12.0. The molecule has 0 saturated heterocycles. The third-order valence-corrected chi connectivity index (χ3v) is 2.44. The number of halogens is 3. The second kappa shape index (κ2) is 5.73. The first-order valence-electron chi connectivity index (χ1n) is 5.75. The van der Waals surface area contributed by atoms with Crippen LogP contribution < -0.4 is 15.2 Å². The van der Waals surface area contributed by atoms with E-state index in [1.165, 1.54) is 24.3 Å². The third kappa shape index (κ3) is 4.38. The van der Waals surface area contributed by atoms with Crippen molar-refractivity contribution in [1.29, 1.82) is 0 Å². The summed E-state index contributed by atoms with van der Waals surface area (Å²) in [4.78, 5) is 0. The Morgan fingerprint density at radius 2 is 1.40 bits per heavy atom. The largest absolute Gasteiger partial charge is 0.573 e. The van der Waals surface area contributed by atoms with Gasteiger partial charge in [0, 0.05) is 5.69 Å². The van der Waals surface area contributed by atoms with Crippen LogP contribution in [0.5, 0.6) is 11.5 Å². The summed E-state index contributed by atoms with van der Waals surface area (Å²) in [5.41, 5.74) is 6.90. The average Bonchev–Trinajstić information content (AvgIpc) is 2.38. The molecule has 2 rings (SSSR count). The van der Waals surface area contributed by atoms with E-state index in [0.717, 1.165) is 5.56 Å². The van der Waals surface area contributed by atoms with Crippen LogP contribution in [0.2, 0.25) is 0 Å². The fraction of sp³-hybridized carbons (Fsp3) is 0.143. The highest BCUT2D eigenvalue weighted by molar-refractivity contribution is 5.41. The van der Waals surface area contributed by atoms with Crippen LogP contribution in [0.3, 0.4) is 0 Å². The minimum atomic E-state index is -4.68. The molecular weight excluding hydrogens is 271 g/mol. The van der Waals surface area contributed by atoms with Crippen molar-refractivity contribution in [3.8, 4) is 11.5 Å². The first-order chi connectivity index (χ1) is 9.42. The molecule has 106 valence electrons. The molecule has 0 aliphatic heterocycles. The second-order valence-electron chi connectivity index (χ2n) is 4.05. The maximum absolute atomic E-state index is 12.0. The molecule has 0 fully saturated rings. The van der Waals surface area contributed by atoms with E-state index in [1.54, 1.807) is 24.3 Å². The van der Waals surface area contributed by atoms with Gasteiger partial charge in [0.05, 0.1) is 0 Å². The smallest absolute Gasteiger partial charge is 0.489 e. The van der Waals surface area contributed by atoms with Gasteiger partial charge in [-0.3, -0.25) is 0 Å². The Hall–Kier alpha value is -2.37. The second-order valence-corrected chi connectivity index (χ2v) is 4.05. The lowest BCUT2D eigenvalue weighted by atomic mass is 10.2. The summed E-state index contributed by atoms with van der Waals surface area (Å²) < 4.78 is 45.2. The van der Waals surface area contributed by atoms with Gasteiger partial charge in [-0.25, -0.2) is 0 Å². The van der Waals surface area contributed by atoms with Crippen LogP contribution in [-0.2, 0) is 6.61 Å². The quantitative estimate of drug-likeness (QED) is 0.869. The lowest BCUT2D eigenvalue weighted by molar-refractivity contribution is -0.274. The Labute approximate surface area is 113 Å². The molecule has 0 aliphatic carbocycles. The van der Waals surface area contributed by atoms with Gasteiger partial charge in [-0.1, -0.05) is 12.1 Å². The minimum Gasteiger partial charge on any atom is -0.489 e. The Balaban J connectivity index is 1.92. The van der Waals surface area contributed by atoms with Crippen LogP contribution in [0.15, 0.2) is 48.5 Å². The lowest BCUT2D eigenvalue weighted by Gasteiger charge is -2.10. The first kappa shape index (κ1) is 14.0. The zero-order valence-corrected chi connectivity index (χ0v) is 10.4. The number of hydrogen-bond acceptors (Lipinski definition) is 3. The van der Waals surface area contributed by atoms with Crippen molar-refractivity contribution < 1.29 is 22.6 Å². The number of rotatable bonds is 4. The van der Waals surface area contributed by atoms with Crippen LogP contribution in [0.4, 0.5) is 18.9 Å². The predicted octanol–water partition coefficient (Wildman–Crippen LogP) is 3.75. The topological polar surface area (TPSA) is 44.5 Å². The van der Waals surface area contributed by atoms with Gasteiger partial charge >= 0.3 is 6.36 Å². The molecule has 0 aromatic heterocycles. The molecule has 0 amide bonds. The molecule has 2 N–H and O–H groups in total. The van der Waals surface area contributed by atoms with E-state index < -0.39 is 6.36 Å². The van der Waals surface area contributed by atoms with Crippen molar-refractivity contribution in [2.24, 2.45) is 0 Å². The van der Waals surface area contributed by atoms with Crippen molar-refractivity contribution in [2.45, 2.75) is 13.0 Å². The lowest BCUT2D eigenvalue weighted by Crippen LogP contribution is -2.17. The molecule has 6 heteroatoms. The van der Waals surface area contributed by atoms with Crippen molar-refractivity contribution in [2.75, 3.05) is 5.73 Å². The summed E-state index contributed by atoms with van der Waals surface area (Å²) in [6, 6.07) is 12.4. The predicted molar refractivity (Wildman–Crippen MR) is 68.3 cm³/mol. The highest BCUT2D eigenvalue weighted by Gasteiger charge is 2.30. The molecule has 0 heterocycles. The zero-order chi connectivity index (χ0) is 14.6. The molecule has 0 bridgehead atoms. The van der Waals surface area contributed by atoms with Gasteiger partial charge in [0.2, 0.25) is 0 Å². The fourth-order valence-corrected chi connectivity index (χ4v) is 1.52. The Morgan fingerprint density at radius 1 is 0.850 bits per heavy atom. The molecule has 2 aromatic rings. The molecule has 0 atom stereocenters. The first-order valence-corrected chi connectivity index (χ1v) is 5.75. The number of nitrogens with two attached hydrogens (primary N) is 1. The highest BCUT2D eigenvalue weighted by Crippen LogP contribution is 2.23. The van der Waals surface area contributed by atoms with E-state index in [9.17, 15) is 13.2 Å². The minimum absolute atomic E-state index is 0.246. The molecule has 0 spiro atoms. The number of ether oxygens (including phenoxy) is 2. The normalized spacial score (nSPS) is 11.2. The van der Waals surface area contributed by atoms with Crippen molar-refractivity contribution in [3.05, 3.63) is 54.1 Å². The molecule has 3 nitrogen and oxygen atoms in total. The molecule has 0 aliphatic rings. The standard InChI is InChI=1S/C14H12F3NO2/c15-14(16,17)20-13-5-1-10(2-6-13)9-19-12-7-3-11(18)4-8-12/h1-8H,9,18H2. The van der Waals surface area contributed by atoms with E-state index in [4.69, 9.17) is 10.5 Å². The van der Waals surface area contributed by atoms with Crippen LogP contribution >= 0.6 is 0 Å². The number of anilines is 1. The van der Waals surface area contributed by atoms with E-state index in [1.807, 2.05) is 0 Å². The molecule has 0 radical (unpaired) electrons. The maximum Gasteiger partial charge on any atom is 0.573 e. The number of benzene rings is 2. The molecule has 0 unspecified atom stereocenters. The highest BCUT2D eigenvalue weighted by atomic mass is 19.4. The van der Waals surface area contributed by atoms with Gasteiger partial charge < -0.3 is 15.2 Å². The van der Waals surface area contributed by atoms with E-state index in [-0.39, 0.29) is 12.4 Å². The van der Waals surface area contributed by atoms with Crippen molar-refractivity contribution >= 4 is 5.69 Å². The summed E-state index contributed by atoms with van der Waals surface area (Å²) >= 11 is 0. The van der Waals surface area contributed by atoms with Crippen molar-refractivity contribution in [3.63, 3.8) is 0 Å².